The number of ether oxygens (including phenoxy) is 1. The third-order valence-electron chi connectivity index (χ3n) is 9.52. The van der Waals surface area contributed by atoms with E-state index in [9.17, 15) is 9.90 Å². The highest BCUT2D eigenvalue weighted by Crippen LogP contribution is 2.38. The zero-order chi connectivity index (χ0) is 30.1. The first-order chi connectivity index (χ1) is 20.9. The molecule has 0 aromatic carbocycles. The van der Waals surface area contributed by atoms with Crippen molar-refractivity contribution >= 4 is 11.7 Å². The van der Waals surface area contributed by atoms with E-state index in [-0.39, 0.29) is 36.4 Å². The Balaban J connectivity index is 1.32. The fourth-order valence-electron chi connectivity index (χ4n) is 7.29. The molecule has 10 nitrogen and oxygen atoms in total. The predicted molar refractivity (Wildman–Crippen MR) is 165 cm³/mol. The third kappa shape index (κ3) is 5.78. The number of aliphatic hydroxyl groups excluding tert-OH is 1. The van der Waals surface area contributed by atoms with Crippen molar-refractivity contribution in [3.63, 3.8) is 0 Å². The minimum absolute atomic E-state index is 0.0712. The van der Waals surface area contributed by atoms with Crippen LogP contribution < -0.4 is 9.64 Å². The molecule has 0 spiro atoms. The molecule has 3 unspecified atom stereocenters. The van der Waals surface area contributed by atoms with Gasteiger partial charge >= 0.3 is 6.01 Å². The van der Waals surface area contributed by atoms with Crippen molar-refractivity contribution < 1.29 is 14.6 Å². The first-order valence-electron chi connectivity index (χ1n) is 15.4. The van der Waals surface area contributed by atoms with Crippen molar-refractivity contribution in [2.24, 2.45) is 11.8 Å². The molecular formula is C33H41N7O3. The molecular weight excluding hydrogens is 542 g/mol. The van der Waals surface area contributed by atoms with Crippen molar-refractivity contribution in [2.45, 2.75) is 50.9 Å². The molecule has 43 heavy (non-hydrogen) atoms. The number of aliphatic hydroxyl groups is 1. The number of piperazine rings is 1. The second-order valence-electron chi connectivity index (χ2n) is 12.1. The number of anilines is 1. The Morgan fingerprint density at radius 1 is 1.23 bits per heavy atom. The van der Waals surface area contributed by atoms with Crippen molar-refractivity contribution in [1.82, 2.24) is 24.7 Å². The van der Waals surface area contributed by atoms with Gasteiger partial charge < -0.3 is 29.4 Å². The number of aromatic nitrogens is 2. The Morgan fingerprint density at radius 3 is 2.84 bits per heavy atom. The number of fused-ring (bicyclic) bond motifs is 2. The van der Waals surface area contributed by atoms with Gasteiger partial charge in [-0.05, 0) is 58.0 Å². The summed E-state index contributed by atoms with van der Waals surface area (Å²) in [6.07, 6.45) is 16.5. The van der Waals surface area contributed by atoms with Gasteiger partial charge in [0.05, 0.1) is 12.2 Å². The SMILES string of the molecule is [C-]#[N+]C[C@H]1CN(c2nc(O[C@H](C)C3CCCN3C)nc3c2CCN(C2=CC(O)=CC4C=CC=CC24)C3)CCN1C(=O)C=C. The van der Waals surface area contributed by atoms with Gasteiger partial charge in [-0.1, -0.05) is 30.9 Å². The van der Waals surface area contributed by atoms with Crippen LogP contribution in [0.4, 0.5) is 5.82 Å². The minimum Gasteiger partial charge on any atom is -0.508 e. The van der Waals surface area contributed by atoms with Crippen molar-refractivity contribution in [2.75, 3.05) is 51.2 Å². The van der Waals surface area contributed by atoms with Crippen molar-refractivity contribution in [1.29, 1.82) is 0 Å². The van der Waals surface area contributed by atoms with E-state index in [2.05, 4.69) is 58.3 Å². The number of nitrogens with zero attached hydrogens (tertiary/aromatic N) is 7. The van der Waals surface area contributed by atoms with Gasteiger partial charge in [0.2, 0.25) is 12.5 Å². The molecule has 3 aliphatic heterocycles. The molecule has 1 aromatic heterocycles. The van der Waals surface area contributed by atoms with Crippen molar-refractivity contribution in [3.8, 4) is 6.01 Å². The summed E-state index contributed by atoms with van der Waals surface area (Å²) in [4.78, 5) is 34.8. The molecule has 1 aromatic rings. The van der Waals surface area contributed by atoms with E-state index in [1.54, 1.807) is 4.90 Å². The van der Waals surface area contributed by atoms with Gasteiger partial charge in [0.25, 0.3) is 0 Å². The summed E-state index contributed by atoms with van der Waals surface area (Å²) in [6, 6.07) is 0.429. The summed E-state index contributed by atoms with van der Waals surface area (Å²) in [5.41, 5.74) is 3.10. The molecule has 226 valence electrons. The maximum atomic E-state index is 12.6. The Bertz CT molecular complexity index is 1430. The maximum absolute atomic E-state index is 12.6. The summed E-state index contributed by atoms with van der Waals surface area (Å²) in [6.45, 7) is 17.5. The van der Waals surface area contributed by atoms with E-state index >= 15 is 0 Å². The van der Waals surface area contributed by atoms with Gasteiger partial charge in [0, 0.05) is 55.3 Å². The van der Waals surface area contributed by atoms with E-state index in [1.165, 1.54) is 6.08 Å². The average Bonchev–Trinajstić information content (AvgIpc) is 3.45. The van der Waals surface area contributed by atoms with Crippen LogP contribution >= 0.6 is 0 Å². The normalized spacial score (nSPS) is 27.5. The molecule has 0 saturated carbocycles. The second-order valence-corrected chi connectivity index (χ2v) is 12.1. The van der Waals surface area contributed by atoms with Gasteiger partial charge in [-0.2, -0.15) is 9.97 Å². The molecule has 5 atom stereocenters. The smallest absolute Gasteiger partial charge is 0.318 e. The Morgan fingerprint density at radius 2 is 2.07 bits per heavy atom. The van der Waals surface area contributed by atoms with Gasteiger partial charge in [-0.3, -0.25) is 9.69 Å². The van der Waals surface area contributed by atoms with Crippen LogP contribution in [0.25, 0.3) is 4.85 Å². The van der Waals surface area contributed by atoms with Gasteiger partial charge in [-0.25, -0.2) is 6.57 Å². The zero-order valence-corrected chi connectivity index (χ0v) is 25.1. The van der Waals surface area contributed by atoms with Gasteiger partial charge in [-0.15, -0.1) is 0 Å². The monoisotopic (exact) mass is 583 g/mol. The van der Waals surface area contributed by atoms with Crippen molar-refractivity contribution in [3.05, 3.63) is 83.2 Å². The summed E-state index contributed by atoms with van der Waals surface area (Å²) in [7, 11) is 2.14. The maximum Gasteiger partial charge on any atom is 0.318 e. The molecule has 2 aliphatic carbocycles. The quantitative estimate of drug-likeness (QED) is 0.386. The fourth-order valence-corrected chi connectivity index (χ4v) is 7.29. The lowest BCUT2D eigenvalue weighted by Crippen LogP contribution is -2.56. The largest absolute Gasteiger partial charge is 0.508 e. The molecule has 0 bridgehead atoms. The number of likely N-dealkylation sites (N-methyl/N-ethyl adjacent to an activating group) is 1. The second kappa shape index (κ2) is 12.3. The summed E-state index contributed by atoms with van der Waals surface area (Å²) >= 11 is 0. The predicted octanol–water partition coefficient (Wildman–Crippen LogP) is 3.52. The Kier molecular flexibility index (Phi) is 8.26. The van der Waals surface area contributed by atoms with Crippen LogP contribution in [0.3, 0.4) is 0 Å². The molecule has 6 rings (SSSR count). The summed E-state index contributed by atoms with van der Waals surface area (Å²) in [5.74, 6) is 1.29. The number of hydrogen-bond donors (Lipinski definition) is 1. The lowest BCUT2D eigenvalue weighted by atomic mass is 9.81. The summed E-state index contributed by atoms with van der Waals surface area (Å²) < 4.78 is 6.48. The number of carbonyl (C=O) groups is 1. The summed E-state index contributed by atoms with van der Waals surface area (Å²) in [5, 5.41) is 10.6. The molecule has 10 heteroatoms. The molecule has 1 amide bonds. The van der Waals surface area contributed by atoms with E-state index < -0.39 is 0 Å². The number of likely N-dealkylation sites (tertiary alicyclic amines) is 1. The molecule has 5 aliphatic rings. The Labute approximate surface area is 254 Å². The first-order valence-corrected chi connectivity index (χ1v) is 15.4. The molecule has 4 heterocycles. The Hall–Kier alpha value is -4.10. The molecule has 0 radical (unpaired) electrons. The van der Waals surface area contributed by atoms with Crippen LogP contribution in [-0.4, -0.2) is 100 Å². The lowest BCUT2D eigenvalue weighted by molar-refractivity contribution is -0.128. The number of carbonyl (C=O) groups excluding carboxylic acids is 1. The van der Waals surface area contributed by atoms with Gasteiger partial charge in [0.15, 0.2) is 0 Å². The molecule has 2 fully saturated rings. The highest BCUT2D eigenvalue weighted by Gasteiger charge is 2.37. The number of rotatable bonds is 7. The van der Waals surface area contributed by atoms with Crippen LogP contribution in [0.15, 0.2) is 60.6 Å². The minimum atomic E-state index is -0.247. The van der Waals surface area contributed by atoms with E-state index in [0.717, 1.165) is 55.1 Å². The highest BCUT2D eigenvalue weighted by molar-refractivity contribution is 5.87. The van der Waals surface area contributed by atoms with E-state index in [0.29, 0.717) is 44.0 Å². The molecule has 1 N–H and O–H groups in total. The van der Waals surface area contributed by atoms with Crippen LogP contribution in [-0.2, 0) is 17.8 Å². The fraction of sp³-hybridized carbons (Fsp3) is 0.515. The van der Waals surface area contributed by atoms with Crippen LogP contribution in [0, 0.1) is 18.4 Å². The third-order valence-corrected chi connectivity index (χ3v) is 9.52. The standard InChI is InChI=1S/C33H41N7O3/c1-5-31(42)40-16-15-39(20-24(40)19-34-3)32-27-12-14-38(30-18-25(41)17-23-9-6-7-10-26(23)30)21-28(27)35-33(36-32)43-22(2)29-11-8-13-37(29)4/h5-7,9-10,17-18,22-24,26,29,41H,1,8,11-16,19-21H2,2,4H3/t22-,23?,24+,26?,29?/m1/s1. The van der Waals surface area contributed by atoms with Crippen LogP contribution in [0.1, 0.15) is 31.0 Å². The number of amides is 1. The number of allylic oxidation sites excluding steroid dienone is 6. The van der Waals surface area contributed by atoms with Crippen LogP contribution in [0.2, 0.25) is 0 Å². The van der Waals surface area contributed by atoms with Crippen LogP contribution in [0.5, 0.6) is 6.01 Å². The molecule has 2 saturated heterocycles. The van der Waals surface area contributed by atoms with E-state index in [1.807, 2.05) is 18.2 Å². The highest BCUT2D eigenvalue weighted by atomic mass is 16.5. The van der Waals surface area contributed by atoms with E-state index in [4.69, 9.17) is 21.3 Å². The first kappa shape index (κ1) is 29.0. The average molecular weight is 584 g/mol. The topological polar surface area (TPSA) is 89.6 Å². The zero-order valence-electron chi connectivity index (χ0n) is 25.1. The number of hydrogen-bond acceptors (Lipinski definition) is 8. The lowest BCUT2D eigenvalue weighted by Gasteiger charge is -2.42. The van der Waals surface area contributed by atoms with Gasteiger partial charge in [0.1, 0.15) is 23.7 Å².